The van der Waals surface area contributed by atoms with Crippen LogP contribution < -0.4 is 4.74 Å². The highest BCUT2D eigenvalue weighted by atomic mass is 79.9. The molecular weight excluding hydrogens is 564 g/mol. The van der Waals surface area contributed by atoms with Gasteiger partial charge in [0.15, 0.2) is 0 Å². The number of hydrogen-bond donors (Lipinski definition) is 0. The molecule has 0 spiro atoms. The lowest BCUT2D eigenvalue weighted by Crippen LogP contribution is -2.29. The maximum absolute atomic E-state index is 6.48. The van der Waals surface area contributed by atoms with E-state index in [1.54, 1.807) is 0 Å². The third-order valence-corrected chi connectivity index (χ3v) is 9.63. The summed E-state index contributed by atoms with van der Waals surface area (Å²) in [6.07, 6.45) is 5.73. The standard InChI is InChI=1S/C39H33BrO/c1-4-27-16-19-32(20-17-27)41-38-25(2)22-30(23-26(38)3)39(29-12-6-5-7-13-29)35-15-9-14-33(28-10-8-11-28)37(35)34-21-18-31(40)24-36(34)39/h4-7,9,12-24,28H,1,8,10-11H2,2-3H3. The van der Waals surface area contributed by atoms with Gasteiger partial charge < -0.3 is 4.74 Å². The molecule has 0 aromatic heterocycles. The van der Waals surface area contributed by atoms with Crippen LogP contribution in [0.25, 0.3) is 17.2 Å². The molecule has 5 aromatic rings. The fraction of sp³-hybridized carbons (Fsp3) is 0.179. The Morgan fingerprint density at radius 2 is 1.51 bits per heavy atom. The van der Waals surface area contributed by atoms with Gasteiger partial charge in [-0.15, -0.1) is 0 Å². The lowest BCUT2D eigenvalue weighted by Gasteiger charge is -2.35. The molecule has 5 aromatic carbocycles. The second-order valence-corrected chi connectivity index (χ2v) is 12.4. The molecule has 2 aliphatic carbocycles. The first-order valence-electron chi connectivity index (χ1n) is 14.5. The number of halogens is 1. The molecule has 0 N–H and O–H groups in total. The molecule has 1 nitrogen and oxygen atoms in total. The molecule has 1 saturated carbocycles. The Morgan fingerprint density at radius 3 is 2.17 bits per heavy atom. The molecule has 1 fully saturated rings. The van der Waals surface area contributed by atoms with Gasteiger partial charge in [0.05, 0.1) is 5.41 Å². The number of fused-ring (bicyclic) bond motifs is 3. The van der Waals surface area contributed by atoms with Crippen molar-refractivity contribution in [1.82, 2.24) is 0 Å². The van der Waals surface area contributed by atoms with Crippen LogP contribution in [0, 0.1) is 13.8 Å². The van der Waals surface area contributed by atoms with Crippen molar-refractivity contribution in [2.24, 2.45) is 0 Å². The minimum Gasteiger partial charge on any atom is -0.457 e. The zero-order chi connectivity index (χ0) is 28.1. The summed E-state index contributed by atoms with van der Waals surface area (Å²) in [7, 11) is 0. The van der Waals surface area contributed by atoms with Gasteiger partial charge in [-0.2, -0.15) is 0 Å². The molecule has 0 aliphatic heterocycles. The minimum absolute atomic E-state index is 0.435. The first kappa shape index (κ1) is 26.0. The fourth-order valence-corrected chi connectivity index (χ4v) is 7.39. The molecule has 0 saturated heterocycles. The van der Waals surface area contributed by atoms with Crippen molar-refractivity contribution in [3.63, 3.8) is 0 Å². The zero-order valence-electron chi connectivity index (χ0n) is 23.6. The summed E-state index contributed by atoms with van der Waals surface area (Å²) in [5, 5.41) is 0. The van der Waals surface area contributed by atoms with Crippen molar-refractivity contribution < 1.29 is 4.74 Å². The lowest BCUT2D eigenvalue weighted by molar-refractivity contribution is 0.420. The van der Waals surface area contributed by atoms with Crippen LogP contribution >= 0.6 is 15.9 Å². The predicted molar refractivity (Wildman–Crippen MR) is 174 cm³/mol. The highest BCUT2D eigenvalue weighted by molar-refractivity contribution is 9.10. The number of aryl methyl sites for hydroxylation is 2. The van der Waals surface area contributed by atoms with Gasteiger partial charge in [-0.05, 0) is 113 Å². The van der Waals surface area contributed by atoms with Gasteiger partial charge in [0.25, 0.3) is 0 Å². The monoisotopic (exact) mass is 596 g/mol. The van der Waals surface area contributed by atoms with Crippen molar-refractivity contribution in [2.75, 3.05) is 0 Å². The first-order chi connectivity index (χ1) is 20.0. The Morgan fingerprint density at radius 1 is 0.780 bits per heavy atom. The van der Waals surface area contributed by atoms with Crippen LogP contribution in [0.4, 0.5) is 0 Å². The van der Waals surface area contributed by atoms with Crippen molar-refractivity contribution in [2.45, 2.75) is 44.4 Å². The van der Waals surface area contributed by atoms with Gasteiger partial charge in [0.2, 0.25) is 0 Å². The fourth-order valence-electron chi connectivity index (χ4n) is 7.03. The predicted octanol–water partition coefficient (Wildman–Crippen LogP) is 11.1. The zero-order valence-corrected chi connectivity index (χ0v) is 25.2. The van der Waals surface area contributed by atoms with Gasteiger partial charge in [0, 0.05) is 4.47 Å². The van der Waals surface area contributed by atoms with Crippen molar-refractivity contribution in [3.8, 4) is 22.6 Å². The Balaban J connectivity index is 1.48. The van der Waals surface area contributed by atoms with E-state index in [9.17, 15) is 0 Å². The summed E-state index contributed by atoms with van der Waals surface area (Å²) in [6.45, 7) is 8.21. The van der Waals surface area contributed by atoms with E-state index in [0.717, 1.165) is 32.7 Å². The Kier molecular flexibility index (Phi) is 6.47. The maximum Gasteiger partial charge on any atom is 0.133 e. The molecular formula is C39H33BrO. The lowest BCUT2D eigenvalue weighted by atomic mass is 9.66. The van der Waals surface area contributed by atoms with E-state index in [2.05, 4.69) is 115 Å². The summed E-state index contributed by atoms with van der Waals surface area (Å²) >= 11 is 3.84. The molecule has 202 valence electrons. The summed E-state index contributed by atoms with van der Waals surface area (Å²) in [6, 6.07) is 37.8. The summed E-state index contributed by atoms with van der Waals surface area (Å²) in [5.74, 6) is 2.39. The average Bonchev–Trinajstić information content (AvgIpc) is 3.25. The molecule has 0 radical (unpaired) electrons. The Labute approximate surface area is 251 Å². The SMILES string of the molecule is C=Cc1ccc(Oc2c(C)cc(C3(c4ccccc4)c4cc(Br)ccc4-c4c(C5CCC5)cccc43)cc2C)cc1. The van der Waals surface area contributed by atoms with Crippen LogP contribution in [-0.4, -0.2) is 0 Å². The van der Waals surface area contributed by atoms with Gasteiger partial charge in [0.1, 0.15) is 11.5 Å². The number of hydrogen-bond acceptors (Lipinski definition) is 1. The maximum atomic E-state index is 6.48. The van der Waals surface area contributed by atoms with E-state index in [4.69, 9.17) is 4.74 Å². The van der Waals surface area contributed by atoms with Crippen LogP contribution in [0.15, 0.2) is 114 Å². The Hall–Kier alpha value is -3.88. The molecule has 1 atom stereocenters. The van der Waals surface area contributed by atoms with Crippen LogP contribution in [0.5, 0.6) is 11.5 Å². The van der Waals surface area contributed by atoms with E-state index in [1.807, 2.05) is 30.3 Å². The smallest absolute Gasteiger partial charge is 0.133 e. The van der Waals surface area contributed by atoms with Crippen molar-refractivity contribution in [3.05, 3.63) is 159 Å². The summed E-state index contributed by atoms with van der Waals surface area (Å²) in [5.41, 5.74) is 12.5. The molecule has 7 rings (SSSR count). The van der Waals surface area contributed by atoms with Crippen LogP contribution in [0.1, 0.15) is 69.7 Å². The quantitative estimate of drug-likeness (QED) is 0.186. The molecule has 0 amide bonds. The number of rotatable bonds is 6. The highest BCUT2D eigenvalue weighted by Crippen LogP contribution is 2.59. The third kappa shape index (κ3) is 4.11. The second-order valence-electron chi connectivity index (χ2n) is 11.5. The minimum atomic E-state index is -0.435. The van der Waals surface area contributed by atoms with E-state index in [0.29, 0.717) is 5.92 Å². The van der Waals surface area contributed by atoms with E-state index in [-0.39, 0.29) is 0 Å². The average molecular weight is 598 g/mol. The van der Waals surface area contributed by atoms with E-state index < -0.39 is 5.41 Å². The molecule has 0 heterocycles. The topological polar surface area (TPSA) is 9.23 Å². The second kappa shape index (κ2) is 10.2. The summed E-state index contributed by atoms with van der Waals surface area (Å²) < 4.78 is 7.59. The van der Waals surface area contributed by atoms with E-state index >= 15 is 0 Å². The summed E-state index contributed by atoms with van der Waals surface area (Å²) in [4.78, 5) is 0. The van der Waals surface area contributed by atoms with Crippen LogP contribution in [-0.2, 0) is 5.41 Å². The van der Waals surface area contributed by atoms with Gasteiger partial charge in [-0.1, -0.05) is 114 Å². The Bertz CT molecular complexity index is 1760. The normalized spacial score (nSPS) is 17.4. The molecule has 41 heavy (non-hydrogen) atoms. The van der Waals surface area contributed by atoms with Crippen LogP contribution in [0.2, 0.25) is 0 Å². The van der Waals surface area contributed by atoms with E-state index in [1.165, 1.54) is 58.2 Å². The van der Waals surface area contributed by atoms with Crippen LogP contribution in [0.3, 0.4) is 0 Å². The third-order valence-electron chi connectivity index (χ3n) is 9.14. The first-order valence-corrected chi connectivity index (χ1v) is 15.3. The molecule has 1 unspecified atom stereocenters. The molecule has 2 heteroatoms. The molecule has 0 bridgehead atoms. The van der Waals surface area contributed by atoms with Gasteiger partial charge in [-0.25, -0.2) is 0 Å². The molecule has 2 aliphatic rings. The number of ether oxygens (including phenoxy) is 1. The highest BCUT2D eigenvalue weighted by Gasteiger charge is 2.48. The van der Waals surface area contributed by atoms with Gasteiger partial charge >= 0.3 is 0 Å². The largest absolute Gasteiger partial charge is 0.457 e. The van der Waals surface area contributed by atoms with Gasteiger partial charge in [-0.3, -0.25) is 0 Å². The number of benzene rings is 5. The van der Waals surface area contributed by atoms with Crippen molar-refractivity contribution in [1.29, 1.82) is 0 Å². The van der Waals surface area contributed by atoms with Crippen molar-refractivity contribution >= 4 is 22.0 Å².